The Bertz CT molecular complexity index is 1010. The van der Waals surface area contributed by atoms with Crippen LogP contribution in [0.2, 0.25) is 5.15 Å². The third-order valence-corrected chi connectivity index (χ3v) is 5.22. The maximum absolute atomic E-state index is 13.2. The number of carbonyl (C=O) groups is 1. The number of ether oxygens (including phenoxy) is 1. The highest BCUT2D eigenvalue weighted by Crippen LogP contribution is 2.27. The Labute approximate surface area is 179 Å². The fourth-order valence-corrected chi connectivity index (χ4v) is 3.60. The maximum Gasteiger partial charge on any atom is 0.410 e. The summed E-state index contributed by atoms with van der Waals surface area (Å²) in [6.45, 7) is 2.69. The van der Waals surface area contributed by atoms with Gasteiger partial charge in [0.1, 0.15) is 17.6 Å². The molecule has 0 saturated carbocycles. The average molecular weight is 426 g/mol. The number of piperazine rings is 1. The van der Waals surface area contributed by atoms with Gasteiger partial charge >= 0.3 is 6.09 Å². The summed E-state index contributed by atoms with van der Waals surface area (Å²) in [6.07, 6.45) is -0.307. The van der Waals surface area contributed by atoms with Gasteiger partial charge in [-0.3, -0.25) is 0 Å². The lowest BCUT2D eigenvalue weighted by atomic mass is 10.1. The van der Waals surface area contributed by atoms with Crippen LogP contribution in [0.4, 0.5) is 14.9 Å². The number of rotatable bonds is 4. The van der Waals surface area contributed by atoms with Crippen LogP contribution in [0.3, 0.4) is 0 Å². The quantitative estimate of drug-likeness (QED) is 0.552. The molecule has 154 valence electrons. The molecule has 4 rings (SSSR count). The van der Waals surface area contributed by atoms with Gasteiger partial charge in [0.05, 0.1) is 5.69 Å². The first-order valence-corrected chi connectivity index (χ1v) is 10.1. The highest BCUT2D eigenvalue weighted by Gasteiger charge is 2.23. The molecule has 0 N–H and O–H groups in total. The molecule has 1 saturated heterocycles. The topological polar surface area (TPSA) is 45.7 Å². The minimum absolute atomic E-state index is 0.265. The zero-order valence-electron chi connectivity index (χ0n) is 16.3. The lowest BCUT2D eigenvalue weighted by Crippen LogP contribution is -2.49. The van der Waals surface area contributed by atoms with Gasteiger partial charge in [-0.05, 0) is 42.0 Å². The molecule has 7 heteroatoms. The summed E-state index contributed by atoms with van der Waals surface area (Å²) in [7, 11) is 0. The first kappa shape index (κ1) is 20.2. The van der Waals surface area contributed by atoms with Gasteiger partial charge in [-0.25, -0.2) is 14.2 Å². The summed E-state index contributed by atoms with van der Waals surface area (Å²) >= 11 is 6.23. The number of carbonyl (C=O) groups excluding carboxylic acids is 1. The first-order chi connectivity index (χ1) is 14.6. The Balaban J connectivity index is 1.38. The monoisotopic (exact) mass is 425 g/mol. The number of aromatic nitrogens is 1. The van der Waals surface area contributed by atoms with Crippen LogP contribution < -0.4 is 4.90 Å². The van der Waals surface area contributed by atoms with Crippen molar-refractivity contribution < 1.29 is 13.9 Å². The van der Waals surface area contributed by atoms with Crippen molar-refractivity contribution in [3.63, 3.8) is 0 Å². The molecule has 0 radical (unpaired) electrons. The molecule has 2 heterocycles. The number of nitrogens with zero attached hydrogens (tertiary/aromatic N) is 3. The predicted octanol–water partition coefficient (Wildman–Crippen LogP) is 5.00. The van der Waals surface area contributed by atoms with Crippen molar-refractivity contribution in [1.29, 1.82) is 0 Å². The van der Waals surface area contributed by atoms with Gasteiger partial charge in [0.2, 0.25) is 0 Å². The molecule has 1 fully saturated rings. The molecule has 1 aromatic heterocycles. The van der Waals surface area contributed by atoms with E-state index in [1.165, 1.54) is 12.1 Å². The van der Waals surface area contributed by atoms with E-state index < -0.39 is 0 Å². The van der Waals surface area contributed by atoms with Gasteiger partial charge in [-0.1, -0.05) is 41.9 Å². The van der Waals surface area contributed by atoms with Crippen LogP contribution in [0.25, 0.3) is 11.3 Å². The molecular weight excluding hydrogens is 405 g/mol. The molecule has 0 unspecified atom stereocenters. The summed E-state index contributed by atoms with van der Waals surface area (Å²) in [5.41, 5.74) is 3.36. The van der Waals surface area contributed by atoms with Gasteiger partial charge in [0, 0.05) is 37.4 Å². The van der Waals surface area contributed by atoms with Crippen LogP contribution in [0.15, 0.2) is 66.7 Å². The summed E-state index contributed by atoms with van der Waals surface area (Å²) in [4.78, 5) is 20.6. The summed E-state index contributed by atoms with van der Waals surface area (Å²) in [6, 6.07) is 19.5. The Morgan fingerprint density at radius 1 is 1.00 bits per heavy atom. The second-order valence-electron chi connectivity index (χ2n) is 7.05. The predicted molar refractivity (Wildman–Crippen MR) is 115 cm³/mol. The summed E-state index contributed by atoms with van der Waals surface area (Å²) < 4.78 is 18.6. The van der Waals surface area contributed by atoms with Crippen LogP contribution in [0, 0.1) is 5.82 Å². The van der Waals surface area contributed by atoms with Crippen molar-refractivity contribution in [2.75, 3.05) is 31.1 Å². The van der Waals surface area contributed by atoms with E-state index in [-0.39, 0.29) is 18.5 Å². The number of benzene rings is 2. The van der Waals surface area contributed by atoms with Crippen molar-refractivity contribution >= 4 is 23.4 Å². The zero-order chi connectivity index (χ0) is 20.9. The van der Waals surface area contributed by atoms with Crippen molar-refractivity contribution in [3.05, 3.63) is 83.3 Å². The number of anilines is 1. The molecule has 0 spiro atoms. The molecule has 0 atom stereocenters. The molecule has 0 bridgehead atoms. The average Bonchev–Trinajstić information content (AvgIpc) is 2.78. The summed E-state index contributed by atoms with van der Waals surface area (Å²) in [5, 5.41) is 0.372. The SMILES string of the molecule is O=C(OCc1ccccc1)N1CCN(c2cc(Cl)nc(-c3ccc(F)cc3)c2)CC1. The van der Waals surface area contributed by atoms with E-state index in [0.717, 1.165) is 16.8 Å². The van der Waals surface area contributed by atoms with Crippen LogP contribution in [0.5, 0.6) is 0 Å². The normalized spacial score (nSPS) is 13.9. The third-order valence-electron chi connectivity index (χ3n) is 5.03. The fourth-order valence-electron chi connectivity index (χ4n) is 3.39. The number of hydrogen-bond donors (Lipinski definition) is 0. The lowest BCUT2D eigenvalue weighted by Gasteiger charge is -2.35. The molecule has 2 aromatic carbocycles. The molecular formula is C23H21ClFN3O2. The number of amides is 1. The van der Waals surface area contributed by atoms with E-state index in [1.54, 1.807) is 23.1 Å². The summed E-state index contributed by atoms with van der Waals surface area (Å²) in [5.74, 6) is -0.295. The van der Waals surface area contributed by atoms with Gasteiger partial charge in [0.15, 0.2) is 0 Å². The highest BCUT2D eigenvalue weighted by atomic mass is 35.5. The Morgan fingerprint density at radius 3 is 2.40 bits per heavy atom. The largest absolute Gasteiger partial charge is 0.445 e. The zero-order valence-corrected chi connectivity index (χ0v) is 17.1. The lowest BCUT2D eigenvalue weighted by molar-refractivity contribution is 0.0942. The van der Waals surface area contributed by atoms with Crippen LogP contribution >= 0.6 is 11.6 Å². The van der Waals surface area contributed by atoms with Crippen molar-refractivity contribution in [2.24, 2.45) is 0 Å². The van der Waals surface area contributed by atoms with Gasteiger partial charge in [-0.2, -0.15) is 0 Å². The molecule has 3 aromatic rings. The number of hydrogen-bond acceptors (Lipinski definition) is 4. The molecule has 1 amide bonds. The van der Waals surface area contributed by atoms with Crippen molar-refractivity contribution in [1.82, 2.24) is 9.88 Å². The molecule has 30 heavy (non-hydrogen) atoms. The highest BCUT2D eigenvalue weighted by molar-refractivity contribution is 6.29. The Morgan fingerprint density at radius 2 is 1.70 bits per heavy atom. The van der Waals surface area contributed by atoms with Crippen molar-refractivity contribution in [3.8, 4) is 11.3 Å². The standard InChI is InChI=1S/C23H21ClFN3O2/c24-22-15-20(14-21(26-22)18-6-8-19(25)9-7-18)27-10-12-28(13-11-27)23(29)30-16-17-4-2-1-3-5-17/h1-9,14-15H,10-13,16H2. The third kappa shape index (κ3) is 4.89. The van der Waals surface area contributed by atoms with E-state index in [1.807, 2.05) is 36.4 Å². The van der Waals surface area contributed by atoms with E-state index in [2.05, 4.69) is 9.88 Å². The van der Waals surface area contributed by atoms with E-state index in [4.69, 9.17) is 16.3 Å². The first-order valence-electron chi connectivity index (χ1n) is 9.72. The minimum Gasteiger partial charge on any atom is -0.445 e. The second kappa shape index (κ2) is 9.13. The molecule has 0 aliphatic carbocycles. The smallest absolute Gasteiger partial charge is 0.410 e. The molecule has 1 aliphatic rings. The minimum atomic E-state index is -0.307. The number of halogens is 2. The van der Waals surface area contributed by atoms with Gasteiger partial charge in [0.25, 0.3) is 0 Å². The van der Waals surface area contributed by atoms with E-state index in [9.17, 15) is 9.18 Å². The molecule has 5 nitrogen and oxygen atoms in total. The van der Waals surface area contributed by atoms with E-state index >= 15 is 0 Å². The molecule has 1 aliphatic heterocycles. The number of pyridine rings is 1. The maximum atomic E-state index is 13.2. The fraction of sp³-hybridized carbons (Fsp3) is 0.217. The van der Waals surface area contributed by atoms with Crippen LogP contribution in [0.1, 0.15) is 5.56 Å². The van der Waals surface area contributed by atoms with Crippen LogP contribution in [-0.2, 0) is 11.3 Å². The van der Waals surface area contributed by atoms with Crippen molar-refractivity contribution in [2.45, 2.75) is 6.61 Å². The van der Waals surface area contributed by atoms with Crippen LogP contribution in [-0.4, -0.2) is 42.2 Å². The second-order valence-corrected chi connectivity index (χ2v) is 7.44. The Kier molecular flexibility index (Phi) is 6.14. The van der Waals surface area contributed by atoms with Gasteiger partial charge < -0.3 is 14.5 Å². The Hall–Kier alpha value is -3.12. The van der Waals surface area contributed by atoms with Gasteiger partial charge in [-0.15, -0.1) is 0 Å². The van der Waals surface area contributed by atoms with E-state index in [0.29, 0.717) is 37.0 Å².